The van der Waals surface area contributed by atoms with Crippen LogP contribution in [0.3, 0.4) is 0 Å². The molecule has 23 heavy (non-hydrogen) atoms. The number of carbonyl (C=O) groups is 1. The summed E-state index contributed by atoms with van der Waals surface area (Å²) in [6.07, 6.45) is 6.88. The summed E-state index contributed by atoms with van der Waals surface area (Å²) in [7, 11) is 0. The quantitative estimate of drug-likeness (QED) is 0.557. The van der Waals surface area contributed by atoms with Gasteiger partial charge in [0.05, 0.1) is 11.0 Å². The van der Waals surface area contributed by atoms with Crippen LogP contribution in [0.15, 0.2) is 72.8 Å². The molecule has 0 aliphatic carbocycles. The number of hydrogen-bond acceptors (Lipinski definition) is 2. The molecule has 2 aromatic carbocycles. The normalized spacial score (nSPS) is 11.5. The minimum absolute atomic E-state index is 0.153. The first-order chi connectivity index (χ1) is 11.3. The smallest absolute Gasteiger partial charge is 0.248 e. The van der Waals surface area contributed by atoms with Gasteiger partial charge < -0.3 is 10.3 Å². The Morgan fingerprint density at radius 2 is 1.87 bits per heavy atom. The van der Waals surface area contributed by atoms with E-state index in [1.54, 1.807) is 6.08 Å². The summed E-state index contributed by atoms with van der Waals surface area (Å²) in [6, 6.07) is 15.5. The molecule has 3 aromatic rings. The minimum atomic E-state index is -0.153. The van der Waals surface area contributed by atoms with Crippen LogP contribution in [-0.4, -0.2) is 15.9 Å². The van der Waals surface area contributed by atoms with Crippen LogP contribution in [0.4, 0.5) is 5.69 Å². The largest absolute Gasteiger partial charge is 0.338 e. The highest BCUT2D eigenvalue weighted by Crippen LogP contribution is 2.21. The van der Waals surface area contributed by atoms with E-state index in [2.05, 4.69) is 15.3 Å². The van der Waals surface area contributed by atoms with Gasteiger partial charge in [-0.3, -0.25) is 4.79 Å². The number of fused-ring (bicyclic) bond motifs is 1. The molecular weight excluding hydrogens is 286 g/mol. The van der Waals surface area contributed by atoms with Crippen molar-refractivity contribution in [3.05, 3.63) is 72.8 Å². The lowest BCUT2D eigenvalue weighted by atomic mass is 10.2. The summed E-state index contributed by atoms with van der Waals surface area (Å²) in [5, 5.41) is 2.82. The molecule has 0 unspecified atom stereocenters. The van der Waals surface area contributed by atoms with Gasteiger partial charge in [-0.05, 0) is 43.3 Å². The number of imidazole rings is 1. The third-order valence-corrected chi connectivity index (χ3v) is 3.37. The van der Waals surface area contributed by atoms with Crippen LogP contribution in [0.25, 0.3) is 22.4 Å². The zero-order valence-corrected chi connectivity index (χ0v) is 12.8. The van der Waals surface area contributed by atoms with E-state index in [1.807, 2.05) is 67.6 Å². The number of para-hydroxylation sites is 2. The Morgan fingerprint density at radius 3 is 2.61 bits per heavy atom. The fraction of sp³-hybridized carbons (Fsp3) is 0.0526. The average Bonchev–Trinajstić information content (AvgIpc) is 3.00. The van der Waals surface area contributed by atoms with Gasteiger partial charge in [0.2, 0.25) is 5.91 Å². The van der Waals surface area contributed by atoms with Crippen LogP contribution < -0.4 is 5.32 Å². The van der Waals surface area contributed by atoms with Crippen LogP contribution in [-0.2, 0) is 4.79 Å². The predicted octanol–water partition coefficient (Wildman–Crippen LogP) is 4.30. The Kier molecular flexibility index (Phi) is 4.34. The van der Waals surface area contributed by atoms with Crippen molar-refractivity contribution in [2.75, 3.05) is 5.32 Å². The molecule has 4 heteroatoms. The van der Waals surface area contributed by atoms with Crippen LogP contribution in [0.5, 0.6) is 0 Å². The first-order valence-corrected chi connectivity index (χ1v) is 7.42. The summed E-state index contributed by atoms with van der Waals surface area (Å²) < 4.78 is 0. The van der Waals surface area contributed by atoms with Crippen molar-refractivity contribution in [2.24, 2.45) is 0 Å². The standard InChI is InChI=1S/C19H17N3O/c1-2-3-4-9-18(23)20-15-12-10-14(11-13-15)19-21-16-7-5-6-8-17(16)22-19/h2-13H,1H3,(H,20,23)(H,21,22). The summed E-state index contributed by atoms with van der Waals surface area (Å²) in [5.41, 5.74) is 3.67. The van der Waals surface area contributed by atoms with E-state index >= 15 is 0 Å². The summed E-state index contributed by atoms with van der Waals surface area (Å²) in [4.78, 5) is 19.6. The van der Waals surface area contributed by atoms with E-state index in [4.69, 9.17) is 0 Å². The number of amides is 1. The van der Waals surface area contributed by atoms with Gasteiger partial charge in [0, 0.05) is 17.3 Å². The van der Waals surface area contributed by atoms with Crippen LogP contribution in [0.1, 0.15) is 6.92 Å². The molecule has 2 N–H and O–H groups in total. The van der Waals surface area contributed by atoms with Crippen LogP contribution >= 0.6 is 0 Å². The molecule has 0 aliphatic rings. The number of anilines is 1. The minimum Gasteiger partial charge on any atom is -0.338 e. The molecule has 0 saturated heterocycles. The third-order valence-electron chi connectivity index (χ3n) is 3.37. The van der Waals surface area contributed by atoms with Gasteiger partial charge in [0.1, 0.15) is 5.82 Å². The molecule has 0 saturated carbocycles. The third kappa shape index (κ3) is 3.55. The van der Waals surface area contributed by atoms with Crippen LogP contribution in [0, 0.1) is 0 Å². The Labute approximate surface area is 134 Å². The van der Waals surface area contributed by atoms with Gasteiger partial charge in [-0.2, -0.15) is 0 Å². The van der Waals surface area contributed by atoms with Crippen molar-refractivity contribution in [3.8, 4) is 11.4 Å². The van der Waals surface area contributed by atoms with Gasteiger partial charge in [0.25, 0.3) is 0 Å². The van der Waals surface area contributed by atoms with E-state index < -0.39 is 0 Å². The maximum Gasteiger partial charge on any atom is 0.248 e. The monoisotopic (exact) mass is 303 g/mol. The number of hydrogen-bond donors (Lipinski definition) is 2. The van der Waals surface area contributed by atoms with Gasteiger partial charge >= 0.3 is 0 Å². The molecule has 1 aromatic heterocycles. The van der Waals surface area contributed by atoms with Crippen molar-refractivity contribution in [2.45, 2.75) is 6.92 Å². The molecule has 0 atom stereocenters. The van der Waals surface area contributed by atoms with E-state index in [-0.39, 0.29) is 5.91 Å². The lowest BCUT2D eigenvalue weighted by molar-refractivity contribution is -0.111. The molecule has 0 aliphatic heterocycles. The number of benzene rings is 2. The van der Waals surface area contributed by atoms with Gasteiger partial charge in [-0.15, -0.1) is 0 Å². The number of allylic oxidation sites excluding steroid dienone is 3. The zero-order chi connectivity index (χ0) is 16.1. The zero-order valence-electron chi connectivity index (χ0n) is 12.8. The Hall–Kier alpha value is -3.14. The number of H-pyrrole nitrogens is 1. The molecule has 114 valence electrons. The number of aromatic amines is 1. The molecule has 0 radical (unpaired) electrons. The second-order valence-corrected chi connectivity index (χ2v) is 5.05. The topological polar surface area (TPSA) is 57.8 Å². The molecule has 0 spiro atoms. The Morgan fingerprint density at radius 1 is 1.09 bits per heavy atom. The Balaban J connectivity index is 1.75. The SMILES string of the molecule is CC=CC=CC(=O)Nc1ccc(-c2nc3ccccc3[nH]2)cc1. The lowest BCUT2D eigenvalue weighted by Crippen LogP contribution is -2.07. The van der Waals surface area contributed by atoms with E-state index in [1.165, 1.54) is 6.08 Å². The molecule has 4 nitrogen and oxygen atoms in total. The number of carbonyl (C=O) groups excluding carboxylic acids is 1. The fourth-order valence-corrected chi connectivity index (χ4v) is 2.24. The van der Waals surface area contributed by atoms with E-state index in [0.717, 1.165) is 28.1 Å². The number of rotatable bonds is 4. The highest BCUT2D eigenvalue weighted by molar-refractivity contribution is 5.99. The Bertz CT molecular complexity index is 840. The van der Waals surface area contributed by atoms with Gasteiger partial charge in [-0.1, -0.05) is 30.4 Å². The van der Waals surface area contributed by atoms with Crippen molar-refractivity contribution >= 4 is 22.6 Å². The number of nitrogens with one attached hydrogen (secondary N) is 2. The molecule has 3 rings (SSSR count). The van der Waals surface area contributed by atoms with Gasteiger partial charge in [-0.25, -0.2) is 4.98 Å². The summed E-state index contributed by atoms with van der Waals surface area (Å²) >= 11 is 0. The second kappa shape index (κ2) is 6.75. The molecule has 0 bridgehead atoms. The summed E-state index contributed by atoms with van der Waals surface area (Å²) in [6.45, 7) is 1.90. The highest BCUT2D eigenvalue weighted by atomic mass is 16.1. The van der Waals surface area contributed by atoms with Crippen molar-refractivity contribution < 1.29 is 4.79 Å². The first-order valence-electron chi connectivity index (χ1n) is 7.42. The summed E-state index contributed by atoms with van der Waals surface area (Å²) in [5.74, 6) is 0.664. The van der Waals surface area contributed by atoms with E-state index in [0.29, 0.717) is 0 Å². The maximum absolute atomic E-state index is 11.7. The van der Waals surface area contributed by atoms with Gasteiger partial charge in [0.15, 0.2) is 0 Å². The first kappa shape index (κ1) is 14.8. The van der Waals surface area contributed by atoms with Crippen molar-refractivity contribution in [1.29, 1.82) is 0 Å². The predicted molar refractivity (Wildman–Crippen MR) is 94.1 cm³/mol. The molecule has 1 heterocycles. The molecular formula is C19H17N3O. The number of nitrogens with zero attached hydrogens (tertiary/aromatic N) is 1. The lowest BCUT2D eigenvalue weighted by Gasteiger charge is -2.03. The van der Waals surface area contributed by atoms with Crippen molar-refractivity contribution in [3.63, 3.8) is 0 Å². The second-order valence-electron chi connectivity index (χ2n) is 5.05. The fourth-order valence-electron chi connectivity index (χ4n) is 2.24. The van der Waals surface area contributed by atoms with Crippen LogP contribution in [0.2, 0.25) is 0 Å². The maximum atomic E-state index is 11.7. The molecule has 1 amide bonds. The highest BCUT2D eigenvalue weighted by Gasteiger charge is 2.05. The number of aromatic nitrogens is 2. The van der Waals surface area contributed by atoms with Crippen molar-refractivity contribution in [1.82, 2.24) is 9.97 Å². The average molecular weight is 303 g/mol. The van der Waals surface area contributed by atoms with E-state index in [9.17, 15) is 4.79 Å². The molecule has 0 fully saturated rings.